The van der Waals surface area contributed by atoms with Crippen molar-refractivity contribution in [1.29, 1.82) is 0 Å². The molecule has 1 N–H and O–H groups in total. The Morgan fingerprint density at radius 1 is 1.10 bits per heavy atom. The summed E-state index contributed by atoms with van der Waals surface area (Å²) in [7, 11) is 0. The van der Waals surface area contributed by atoms with E-state index in [0.717, 1.165) is 22.7 Å². The normalized spacial score (nSPS) is 12.2. The summed E-state index contributed by atoms with van der Waals surface area (Å²) >= 11 is 0. The number of aromatic nitrogens is 2. The van der Waals surface area contributed by atoms with Gasteiger partial charge in [-0.1, -0.05) is 31.2 Å². The Kier molecular flexibility index (Phi) is 7.38. The summed E-state index contributed by atoms with van der Waals surface area (Å²) in [5.41, 5.74) is 1.78. The number of aliphatic hydroxyl groups excluding tert-OH is 1. The minimum atomic E-state index is -0.188. The lowest BCUT2D eigenvalue weighted by Crippen LogP contribution is -2.27. The van der Waals surface area contributed by atoms with Crippen molar-refractivity contribution in [3.8, 4) is 5.75 Å². The van der Waals surface area contributed by atoms with Gasteiger partial charge in [-0.25, -0.2) is 4.98 Å². The van der Waals surface area contributed by atoms with Gasteiger partial charge >= 0.3 is 0 Å². The molecule has 2 aromatic carbocycles. The van der Waals surface area contributed by atoms with Crippen molar-refractivity contribution < 1.29 is 14.6 Å². The van der Waals surface area contributed by atoms with Crippen LogP contribution in [0, 0.1) is 0 Å². The number of aliphatic hydroxyl groups is 1. The minimum Gasteiger partial charge on any atom is -0.492 e. The topological polar surface area (TPSA) is 73.6 Å². The van der Waals surface area contributed by atoms with Gasteiger partial charge in [0.15, 0.2) is 0 Å². The zero-order valence-corrected chi connectivity index (χ0v) is 17.0. The third-order valence-electron chi connectivity index (χ3n) is 4.83. The number of ether oxygens (including phenoxy) is 2. The van der Waals surface area contributed by atoms with E-state index in [2.05, 4.69) is 4.98 Å². The number of nitrogens with zero attached hydrogens (tertiary/aromatic N) is 2. The highest BCUT2D eigenvalue weighted by Crippen LogP contribution is 2.15. The molecule has 0 aliphatic rings. The summed E-state index contributed by atoms with van der Waals surface area (Å²) in [5.74, 6) is 1.50. The minimum absolute atomic E-state index is 0.000395. The first kappa shape index (κ1) is 21.0. The van der Waals surface area contributed by atoms with Gasteiger partial charge in [0.05, 0.1) is 30.2 Å². The van der Waals surface area contributed by atoms with Crippen LogP contribution in [-0.2, 0) is 24.1 Å². The zero-order valence-electron chi connectivity index (χ0n) is 17.0. The van der Waals surface area contributed by atoms with Crippen LogP contribution in [0.1, 0.15) is 25.2 Å². The molecule has 3 aromatic rings. The Morgan fingerprint density at radius 2 is 1.86 bits per heavy atom. The van der Waals surface area contributed by atoms with Crippen LogP contribution in [0.3, 0.4) is 0 Å². The Bertz CT molecular complexity index is 982. The van der Waals surface area contributed by atoms with Gasteiger partial charge in [-0.05, 0) is 36.8 Å². The molecular weight excluding hydrogens is 368 g/mol. The molecule has 0 fully saturated rings. The van der Waals surface area contributed by atoms with Crippen molar-refractivity contribution in [2.45, 2.75) is 39.3 Å². The smallest absolute Gasteiger partial charge is 0.261 e. The van der Waals surface area contributed by atoms with Gasteiger partial charge in [-0.2, -0.15) is 0 Å². The van der Waals surface area contributed by atoms with Crippen molar-refractivity contribution in [2.75, 3.05) is 19.8 Å². The maximum absolute atomic E-state index is 12.8. The van der Waals surface area contributed by atoms with Gasteiger partial charge in [-0.15, -0.1) is 0 Å². The van der Waals surface area contributed by atoms with Gasteiger partial charge in [-0.3, -0.25) is 9.36 Å². The number of hydrogen-bond donors (Lipinski definition) is 1. The summed E-state index contributed by atoms with van der Waals surface area (Å²) in [6.45, 7) is 5.31. The third kappa shape index (κ3) is 5.22. The molecule has 1 aromatic heterocycles. The van der Waals surface area contributed by atoms with Gasteiger partial charge < -0.3 is 14.6 Å². The first-order valence-corrected chi connectivity index (χ1v) is 10.1. The highest BCUT2D eigenvalue weighted by Gasteiger charge is 2.10. The van der Waals surface area contributed by atoms with Crippen molar-refractivity contribution >= 4 is 10.9 Å². The largest absolute Gasteiger partial charge is 0.492 e. The molecule has 0 saturated carbocycles. The van der Waals surface area contributed by atoms with Crippen LogP contribution in [0.25, 0.3) is 10.9 Å². The average Bonchev–Trinajstić information content (AvgIpc) is 2.76. The molecule has 0 bridgehead atoms. The van der Waals surface area contributed by atoms with Gasteiger partial charge in [0.2, 0.25) is 0 Å². The van der Waals surface area contributed by atoms with Gasteiger partial charge in [0.25, 0.3) is 5.56 Å². The maximum atomic E-state index is 12.8. The zero-order chi connectivity index (χ0) is 20.6. The maximum Gasteiger partial charge on any atom is 0.261 e. The van der Waals surface area contributed by atoms with E-state index in [0.29, 0.717) is 38.0 Å². The van der Waals surface area contributed by atoms with E-state index in [1.165, 1.54) is 0 Å². The van der Waals surface area contributed by atoms with E-state index in [4.69, 9.17) is 9.47 Å². The quantitative estimate of drug-likeness (QED) is 0.570. The Labute approximate surface area is 170 Å². The summed E-state index contributed by atoms with van der Waals surface area (Å²) < 4.78 is 13.0. The van der Waals surface area contributed by atoms with Crippen molar-refractivity contribution in [2.24, 2.45) is 0 Å². The molecule has 0 spiro atoms. The van der Waals surface area contributed by atoms with E-state index >= 15 is 0 Å². The van der Waals surface area contributed by atoms with E-state index in [1.807, 2.05) is 62.4 Å². The molecular formula is C23H28N2O4. The molecule has 1 atom stereocenters. The Hall–Kier alpha value is -2.70. The van der Waals surface area contributed by atoms with Crippen LogP contribution in [0.2, 0.25) is 0 Å². The molecule has 1 heterocycles. The molecule has 6 heteroatoms. The number of benzene rings is 2. The lowest BCUT2D eigenvalue weighted by atomic mass is 10.1. The molecule has 1 unspecified atom stereocenters. The molecule has 0 radical (unpaired) electrons. The molecule has 0 aliphatic heterocycles. The van der Waals surface area contributed by atoms with Crippen LogP contribution in [0.5, 0.6) is 5.75 Å². The number of rotatable bonds is 10. The second kappa shape index (κ2) is 10.2. The fourth-order valence-electron chi connectivity index (χ4n) is 3.37. The third-order valence-corrected chi connectivity index (χ3v) is 4.83. The number of fused-ring (bicyclic) bond motifs is 1. The van der Waals surface area contributed by atoms with Gasteiger partial charge in [0.1, 0.15) is 18.2 Å². The first-order chi connectivity index (χ1) is 14.2. The van der Waals surface area contributed by atoms with Crippen LogP contribution < -0.4 is 10.3 Å². The predicted octanol–water partition coefficient (Wildman–Crippen LogP) is 2.98. The first-order valence-electron chi connectivity index (χ1n) is 10.1. The lowest BCUT2D eigenvalue weighted by molar-refractivity contribution is 0.0207. The molecule has 0 amide bonds. The van der Waals surface area contributed by atoms with Crippen molar-refractivity contribution in [1.82, 2.24) is 9.55 Å². The SMILES string of the molecule is CCOC(CO)Cc1ccc(OCCn2c(CC)nc3ccccc3c2=O)cc1. The monoisotopic (exact) mass is 396 g/mol. The van der Waals surface area contributed by atoms with E-state index < -0.39 is 0 Å². The number of aryl methyl sites for hydroxylation is 1. The van der Waals surface area contributed by atoms with Crippen molar-refractivity contribution in [3.63, 3.8) is 0 Å². The summed E-state index contributed by atoms with van der Waals surface area (Å²) in [5, 5.41) is 9.97. The van der Waals surface area contributed by atoms with Crippen LogP contribution >= 0.6 is 0 Å². The van der Waals surface area contributed by atoms with Crippen LogP contribution in [0.15, 0.2) is 53.3 Å². The molecule has 6 nitrogen and oxygen atoms in total. The van der Waals surface area contributed by atoms with E-state index in [-0.39, 0.29) is 18.3 Å². The number of hydrogen-bond acceptors (Lipinski definition) is 5. The lowest BCUT2D eigenvalue weighted by Gasteiger charge is -2.15. The molecule has 29 heavy (non-hydrogen) atoms. The summed E-state index contributed by atoms with van der Waals surface area (Å²) in [4.78, 5) is 17.4. The summed E-state index contributed by atoms with van der Waals surface area (Å²) in [6.07, 6.45) is 1.15. The molecule has 0 aliphatic carbocycles. The highest BCUT2D eigenvalue weighted by molar-refractivity contribution is 5.77. The van der Waals surface area contributed by atoms with Crippen LogP contribution in [-0.4, -0.2) is 40.6 Å². The van der Waals surface area contributed by atoms with Crippen LogP contribution in [0.4, 0.5) is 0 Å². The Morgan fingerprint density at radius 3 is 2.55 bits per heavy atom. The fourth-order valence-corrected chi connectivity index (χ4v) is 3.37. The van der Waals surface area contributed by atoms with E-state index in [9.17, 15) is 9.90 Å². The number of para-hydroxylation sites is 1. The highest BCUT2D eigenvalue weighted by atomic mass is 16.5. The second-order valence-corrected chi connectivity index (χ2v) is 6.81. The standard InChI is InChI=1S/C23H28N2O4/c1-3-22-24-21-8-6-5-7-20(21)23(27)25(22)13-14-29-18-11-9-17(10-12-18)15-19(16-26)28-4-2/h5-12,19,26H,3-4,13-16H2,1-2H3. The average molecular weight is 396 g/mol. The van der Waals surface area contributed by atoms with Crippen molar-refractivity contribution in [3.05, 3.63) is 70.3 Å². The fraction of sp³-hybridized carbons (Fsp3) is 0.391. The predicted molar refractivity (Wildman–Crippen MR) is 114 cm³/mol. The van der Waals surface area contributed by atoms with E-state index in [1.54, 1.807) is 4.57 Å². The Balaban J connectivity index is 1.64. The summed E-state index contributed by atoms with van der Waals surface area (Å²) in [6, 6.07) is 15.2. The molecule has 0 saturated heterocycles. The van der Waals surface area contributed by atoms with Gasteiger partial charge in [0, 0.05) is 19.4 Å². The second-order valence-electron chi connectivity index (χ2n) is 6.81. The molecule has 3 rings (SSSR count). The molecule has 154 valence electrons.